The average Bonchev–Trinajstić information content (AvgIpc) is 2.82. The van der Waals surface area contributed by atoms with Crippen LogP contribution in [0.25, 0.3) is 11.1 Å². The number of nitriles is 1. The molecule has 1 fully saturated rings. The number of hydrogen-bond acceptors (Lipinski definition) is 6. The molecule has 0 spiro atoms. The van der Waals surface area contributed by atoms with Crippen LogP contribution in [-0.4, -0.2) is 67.2 Å². The minimum Gasteiger partial charge on any atom is -0.530 e. The molecule has 2 amide bonds. The van der Waals surface area contributed by atoms with Crippen molar-refractivity contribution in [3.63, 3.8) is 0 Å². The number of carbonyl (C=O) groups excluding carboxylic acids is 2. The van der Waals surface area contributed by atoms with Crippen LogP contribution in [0.2, 0.25) is 0 Å². The molecule has 8 heteroatoms. The number of piperazine rings is 1. The molecular weight excluding hydrogens is 408 g/mol. The zero-order chi connectivity index (χ0) is 22.9. The van der Waals surface area contributed by atoms with Crippen molar-refractivity contribution in [2.24, 2.45) is 0 Å². The van der Waals surface area contributed by atoms with E-state index in [2.05, 4.69) is 16.3 Å². The van der Waals surface area contributed by atoms with Crippen LogP contribution in [0.3, 0.4) is 0 Å². The van der Waals surface area contributed by atoms with Gasteiger partial charge in [-0.2, -0.15) is 5.26 Å². The summed E-state index contributed by atoms with van der Waals surface area (Å²) in [4.78, 5) is 26.8. The fraction of sp³-hybridized carbons (Fsp3) is 0.375. The highest BCUT2D eigenvalue weighted by atomic mass is 16.5. The largest absolute Gasteiger partial charge is 0.530 e. The molecule has 2 aromatic carbocycles. The van der Waals surface area contributed by atoms with E-state index in [0.717, 1.165) is 42.9 Å². The van der Waals surface area contributed by atoms with Crippen molar-refractivity contribution in [3.8, 4) is 22.9 Å². The van der Waals surface area contributed by atoms with E-state index in [1.807, 2.05) is 36.4 Å². The Morgan fingerprint density at radius 3 is 2.22 bits per heavy atom. The fourth-order valence-electron chi connectivity index (χ4n) is 3.66. The van der Waals surface area contributed by atoms with Crippen molar-refractivity contribution in [2.45, 2.75) is 19.4 Å². The topological polar surface area (TPSA) is 109 Å². The molecule has 1 heterocycles. The van der Waals surface area contributed by atoms with Crippen molar-refractivity contribution < 1.29 is 19.4 Å². The van der Waals surface area contributed by atoms with Gasteiger partial charge >= 0.3 is 0 Å². The van der Waals surface area contributed by atoms with Crippen LogP contribution in [0.15, 0.2) is 48.5 Å². The molecule has 1 aliphatic rings. The van der Waals surface area contributed by atoms with Crippen molar-refractivity contribution in [1.29, 1.82) is 5.26 Å². The third-order valence-corrected chi connectivity index (χ3v) is 5.48. The highest BCUT2D eigenvalue weighted by Gasteiger charge is 2.24. The van der Waals surface area contributed by atoms with Gasteiger partial charge in [0, 0.05) is 32.7 Å². The van der Waals surface area contributed by atoms with Gasteiger partial charge in [0.1, 0.15) is 17.9 Å². The summed E-state index contributed by atoms with van der Waals surface area (Å²) in [5, 5.41) is 21.6. The van der Waals surface area contributed by atoms with Gasteiger partial charge in [0.05, 0.1) is 18.2 Å². The first-order valence-electron chi connectivity index (χ1n) is 10.7. The maximum absolute atomic E-state index is 12.2. The predicted molar refractivity (Wildman–Crippen MR) is 118 cm³/mol. The highest BCUT2D eigenvalue weighted by Crippen LogP contribution is 2.23. The Morgan fingerprint density at radius 1 is 1.06 bits per heavy atom. The summed E-state index contributed by atoms with van der Waals surface area (Å²) in [6.45, 7) is 5.66. The first-order valence-corrected chi connectivity index (χ1v) is 10.7. The lowest BCUT2D eigenvalue weighted by Gasteiger charge is -2.36. The monoisotopic (exact) mass is 435 g/mol. The molecular formula is C24H27N4O4-. The van der Waals surface area contributed by atoms with Crippen LogP contribution in [0.4, 0.5) is 4.79 Å². The lowest BCUT2D eigenvalue weighted by atomic mass is 10.0. The molecule has 0 saturated carbocycles. The van der Waals surface area contributed by atoms with Crippen molar-refractivity contribution in [1.82, 2.24) is 15.1 Å². The number of ether oxygens (including phenoxy) is 1. The summed E-state index contributed by atoms with van der Waals surface area (Å²) in [5.74, 6) is 0.592. The summed E-state index contributed by atoms with van der Waals surface area (Å²) in [6, 6.07) is 16.7. The number of nitrogens with one attached hydrogen (secondary N) is 1. The van der Waals surface area contributed by atoms with Gasteiger partial charge in [0.25, 0.3) is 0 Å². The molecule has 0 radical (unpaired) electrons. The molecule has 8 nitrogen and oxygen atoms in total. The molecule has 1 N–H and O–H groups in total. The highest BCUT2D eigenvalue weighted by molar-refractivity contribution is 5.84. The molecule has 168 valence electrons. The zero-order valence-electron chi connectivity index (χ0n) is 18.1. The molecule has 0 aliphatic carbocycles. The summed E-state index contributed by atoms with van der Waals surface area (Å²) in [6.07, 6.45) is -0.568. The van der Waals surface area contributed by atoms with E-state index < -0.39 is 12.1 Å². The van der Waals surface area contributed by atoms with Gasteiger partial charge in [0.2, 0.25) is 5.91 Å². The van der Waals surface area contributed by atoms with Gasteiger partial charge in [0.15, 0.2) is 0 Å². The van der Waals surface area contributed by atoms with E-state index in [-0.39, 0.29) is 5.91 Å². The summed E-state index contributed by atoms with van der Waals surface area (Å²) in [5.41, 5.74) is 2.76. The van der Waals surface area contributed by atoms with E-state index in [0.29, 0.717) is 25.3 Å². The van der Waals surface area contributed by atoms with E-state index in [1.165, 1.54) is 6.92 Å². The van der Waals surface area contributed by atoms with Crippen LogP contribution >= 0.6 is 0 Å². The Hall–Kier alpha value is -3.57. The minimum absolute atomic E-state index is 0.221. The van der Waals surface area contributed by atoms with Crippen LogP contribution < -0.4 is 15.2 Å². The number of rotatable bonds is 8. The SMILES string of the molecule is C[C@@H](NC(=O)[O-])C(=O)N1CCN(CCCOc2ccc(-c3ccc(C#N)cc3)cc2)CC1. The predicted octanol–water partition coefficient (Wildman–Crippen LogP) is 1.46. The van der Waals surface area contributed by atoms with Gasteiger partial charge < -0.3 is 24.9 Å². The second-order valence-corrected chi connectivity index (χ2v) is 7.74. The number of nitrogens with zero attached hydrogens (tertiary/aromatic N) is 3. The Labute approximate surface area is 188 Å². The standard InChI is InChI=1S/C24H28N4O4/c1-18(26-24(30)31)23(29)28-14-12-27(13-15-28)11-2-16-32-22-9-7-21(8-10-22)20-5-3-19(17-25)4-6-20/h3-10,18,26H,2,11-16H2,1H3,(H,30,31)/p-1/t18-/m1/s1. The molecule has 0 aromatic heterocycles. The normalized spacial score (nSPS) is 14.9. The van der Waals surface area contributed by atoms with Crippen molar-refractivity contribution in [3.05, 3.63) is 54.1 Å². The third-order valence-electron chi connectivity index (χ3n) is 5.48. The Balaban J connectivity index is 1.36. The molecule has 0 unspecified atom stereocenters. The average molecular weight is 436 g/mol. The number of amides is 2. The molecule has 32 heavy (non-hydrogen) atoms. The summed E-state index contributed by atoms with van der Waals surface area (Å²) < 4.78 is 5.85. The Bertz CT molecular complexity index is 945. The zero-order valence-corrected chi connectivity index (χ0v) is 18.1. The molecule has 2 aromatic rings. The van der Waals surface area contributed by atoms with Crippen LogP contribution in [0.1, 0.15) is 18.9 Å². The quantitative estimate of drug-likeness (QED) is 0.629. The Morgan fingerprint density at radius 2 is 1.66 bits per heavy atom. The van der Waals surface area contributed by atoms with Gasteiger partial charge in [-0.1, -0.05) is 24.3 Å². The molecule has 1 aliphatic heterocycles. The van der Waals surface area contributed by atoms with E-state index in [1.54, 1.807) is 17.0 Å². The fourth-order valence-corrected chi connectivity index (χ4v) is 3.66. The maximum atomic E-state index is 12.2. The van der Waals surface area contributed by atoms with Gasteiger partial charge in [-0.15, -0.1) is 0 Å². The van der Waals surface area contributed by atoms with E-state index in [9.17, 15) is 14.7 Å². The van der Waals surface area contributed by atoms with Crippen LogP contribution in [0, 0.1) is 11.3 Å². The van der Waals surface area contributed by atoms with Crippen molar-refractivity contribution >= 4 is 12.0 Å². The number of hydrogen-bond donors (Lipinski definition) is 1. The number of benzene rings is 2. The van der Waals surface area contributed by atoms with Gasteiger partial charge in [-0.05, 0) is 48.7 Å². The van der Waals surface area contributed by atoms with E-state index >= 15 is 0 Å². The molecule has 1 saturated heterocycles. The van der Waals surface area contributed by atoms with Gasteiger partial charge in [-0.25, -0.2) is 0 Å². The smallest absolute Gasteiger partial charge is 0.244 e. The van der Waals surface area contributed by atoms with Crippen molar-refractivity contribution in [2.75, 3.05) is 39.3 Å². The van der Waals surface area contributed by atoms with Crippen LogP contribution in [0.5, 0.6) is 5.75 Å². The lowest BCUT2D eigenvalue weighted by molar-refractivity contribution is -0.251. The maximum Gasteiger partial charge on any atom is 0.244 e. The molecule has 0 bridgehead atoms. The minimum atomic E-state index is -1.44. The molecule has 3 rings (SSSR count). The van der Waals surface area contributed by atoms with Crippen LogP contribution in [-0.2, 0) is 4.79 Å². The lowest BCUT2D eigenvalue weighted by Crippen LogP contribution is -2.55. The Kier molecular flexibility index (Phi) is 8.06. The van der Waals surface area contributed by atoms with Gasteiger partial charge in [-0.3, -0.25) is 9.69 Å². The van der Waals surface area contributed by atoms with E-state index in [4.69, 9.17) is 10.00 Å². The summed E-state index contributed by atoms with van der Waals surface area (Å²) in [7, 11) is 0. The summed E-state index contributed by atoms with van der Waals surface area (Å²) >= 11 is 0. The first kappa shape index (κ1) is 23.1. The second kappa shape index (κ2) is 11.2. The molecule has 1 atom stereocenters. The first-order chi connectivity index (χ1) is 15.5. The third kappa shape index (κ3) is 6.46. The number of carboxylic acid groups (broad SMARTS) is 1. The second-order valence-electron chi connectivity index (χ2n) is 7.74. The number of carbonyl (C=O) groups is 2.